The fourth-order valence-electron chi connectivity index (χ4n) is 2.72. The lowest BCUT2D eigenvalue weighted by atomic mass is 9.97. The third kappa shape index (κ3) is 5.30. The minimum atomic E-state index is -0.399. The normalized spacial score (nSPS) is 10.5. The molecule has 132 valence electrons. The van der Waals surface area contributed by atoms with Crippen LogP contribution >= 0.6 is 0 Å². The van der Waals surface area contributed by atoms with Crippen LogP contribution in [-0.2, 0) is 29.0 Å². The van der Waals surface area contributed by atoms with Crippen LogP contribution in [0.3, 0.4) is 0 Å². The predicted octanol–water partition coefficient (Wildman–Crippen LogP) is 4.46. The average molecular weight is 338 g/mol. The van der Waals surface area contributed by atoms with E-state index in [2.05, 4.69) is 37.8 Å². The zero-order valence-electron chi connectivity index (χ0n) is 15.0. The van der Waals surface area contributed by atoms with Crippen molar-refractivity contribution in [3.8, 4) is 11.1 Å². The Morgan fingerprint density at radius 2 is 1.72 bits per heavy atom. The van der Waals surface area contributed by atoms with E-state index >= 15 is 0 Å². The van der Waals surface area contributed by atoms with Crippen molar-refractivity contribution < 1.29 is 14.6 Å². The van der Waals surface area contributed by atoms with Crippen molar-refractivity contribution in [2.45, 2.75) is 39.7 Å². The predicted molar refractivity (Wildman–Crippen MR) is 101 cm³/mol. The van der Waals surface area contributed by atoms with Crippen molar-refractivity contribution in [1.82, 2.24) is 0 Å². The summed E-state index contributed by atoms with van der Waals surface area (Å²) in [6.07, 6.45) is 2.75. The van der Waals surface area contributed by atoms with Crippen LogP contribution in [-0.4, -0.2) is 17.7 Å². The highest BCUT2D eigenvalue weighted by molar-refractivity contribution is 5.86. The maximum atomic E-state index is 11.7. The van der Waals surface area contributed by atoms with Gasteiger partial charge in [0.05, 0.1) is 0 Å². The van der Waals surface area contributed by atoms with E-state index < -0.39 is 5.97 Å². The molecule has 0 radical (unpaired) electrons. The summed E-state index contributed by atoms with van der Waals surface area (Å²) in [5.74, 6) is -0.399. The quantitative estimate of drug-likeness (QED) is 0.571. The van der Waals surface area contributed by atoms with Crippen molar-refractivity contribution >= 4 is 5.97 Å². The summed E-state index contributed by atoms with van der Waals surface area (Å²) in [5, 5.41) is 9.26. The first kappa shape index (κ1) is 18.9. The smallest absolute Gasteiger partial charge is 0.333 e. The molecule has 0 amide bonds. The van der Waals surface area contributed by atoms with Gasteiger partial charge < -0.3 is 9.84 Å². The highest BCUT2D eigenvalue weighted by Crippen LogP contribution is 2.24. The molecule has 0 heterocycles. The van der Waals surface area contributed by atoms with Crippen molar-refractivity contribution in [2.75, 3.05) is 6.61 Å². The van der Waals surface area contributed by atoms with Gasteiger partial charge >= 0.3 is 5.97 Å². The van der Waals surface area contributed by atoms with E-state index in [0.29, 0.717) is 12.0 Å². The van der Waals surface area contributed by atoms with E-state index in [4.69, 9.17) is 4.74 Å². The van der Waals surface area contributed by atoms with Crippen LogP contribution < -0.4 is 0 Å². The lowest BCUT2D eigenvalue weighted by Gasteiger charge is -2.12. The van der Waals surface area contributed by atoms with Gasteiger partial charge in [0.2, 0.25) is 0 Å². The standard InChI is InChI=1S/C22H26O3/c1-4-5-17-6-8-18(9-7-17)20-11-10-19(12-13-23)21(14-20)15-25-22(24)16(2)3/h6-11,14,23H,2,4-5,12-13,15H2,1,3H3. The van der Waals surface area contributed by atoms with Gasteiger partial charge in [0.1, 0.15) is 6.61 Å². The lowest BCUT2D eigenvalue weighted by Crippen LogP contribution is -2.07. The summed E-state index contributed by atoms with van der Waals surface area (Å²) in [5.41, 5.74) is 5.82. The number of carbonyl (C=O) groups excluding carboxylic acids is 1. The maximum absolute atomic E-state index is 11.7. The third-order valence-corrected chi connectivity index (χ3v) is 4.12. The first-order chi connectivity index (χ1) is 12.0. The lowest BCUT2D eigenvalue weighted by molar-refractivity contribution is -0.140. The van der Waals surface area contributed by atoms with E-state index in [-0.39, 0.29) is 13.2 Å². The Kier molecular flexibility index (Phi) is 6.96. The SMILES string of the molecule is C=C(C)C(=O)OCc1cc(-c2ccc(CCC)cc2)ccc1CCO. The number of ether oxygens (including phenoxy) is 1. The zero-order valence-corrected chi connectivity index (χ0v) is 15.0. The van der Waals surface area contributed by atoms with E-state index in [0.717, 1.165) is 35.1 Å². The third-order valence-electron chi connectivity index (χ3n) is 4.12. The fourth-order valence-corrected chi connectivity index (χ4v) is 2.72. The monoisotopic (exact) mass is 338 g/mol. The number of benzene rings is 2. The minimum absolute atomic E-state index is 0.0620. The van der Waals surface area contributed by atoms with Crippen LogP contribution in [0.4, 0.5) is 0 Å². The van der Waals surface area contributed by atoms with Gasteiger partial charge in [-0.2, -0.15) is 0 Å². The fraction of sp³-hybridized carbons (Fsp3) is 0.318. The molecule has 0 saturated heterocycles. The highest BCUT2D eigenvalue weighted by atomic mass is 16.5. The number of esters is 1. The molecule has 0 aliphatic rings. The summed E-state index contributed by atoms with van der Waals surface area (Å²) in [4.78, 5) is 11.7. The molecule has 0 atom stereocenters. The number of rotatable bonds is 8. The molecule has 0 fully saturated rings. The Bertz CT molecular complexity index is 729. The van der Waals surface area contributed by atoms with Gasteiger partial charge in [-0.1, -0.05) is 56.3 Å². The molecule has 0 aliphatic carbocycles. The van der Waals surface area contributed by atoms with Crippen LogP contribution in [0.2, 0.25) is 0 Å². The molecule has 0 bridgehead atoms. The molecule has 0 aliphatic heterocycles. The van der Waals surface area contributed by atoms with Gasteiger partial charge in [-0.05, 0) is 53.6 Å². The molecule has 0 unspecified atom stereocenters. The molecular weight excluding hydrogens is 312 g/mol. The van der Waals surface area contributed by atoms with Crippen molar-refractivity contribution in [3.05, 3.63) is 71.3 Å². The minimum Gasteiger partial charge on any atom is -0.457 e. The largest absolute Gasteiger partial charge is 0.457 e. The number of carbonyl (C=O) groups is 1. The molecule has 1 N–H and O–H groups in total. The Morgan fingerprint density at radius 1 is 1.04 bits per heavy atom. The van der Waals surface area contributed by atoms with E-state index in [1.807, 2.05) is 18.2 Å². The second-order valence-corrected chi connectivity index (χ2v) is 6.26. The number of aliphatic hydroxyl groups excluding tert-OH is 1. The Labute approximate surface area is 150 Å². The summed E-state index contributed by atoms with van der Waals surface area (Å²) >= 11 is 0. The summed E-state index contributed by atoms with van der Waals surface area (Å²) in [6, 6.07) is 14.6. The van der Waals surface area contributed by atoms with Gasteiger partial charge in [0.15, 0.2) is 0 Å². The Hall–Kier alpha value is -2.39. The van der Waals surface area contributed by atoms with Crippen LogP contribution in [0, 0.1) is 0 Å². The maximum Gasteiger partial charge on any atom is 0.333 e. The molecule has 2 aromatic carbocycles. The molecular formula is C22H26O3. The van der Waals surface area contributed by atoms with Crippen LogP contribution in [0.5, 0.6) is 0 Å². The zero-order chi connectivity index (χ0) is 18.2. The molecule has 0 spiro atoms. The topological polar surface area (TPSA) is 46.5 Å². The van der Waals surface area contributed by atoms with E-state index in [1.165, 1.54) is 5.56 Å². The van der Waals surface area contributed by atoms with Crippen molar-refractivity contribution in [1.29, 1.82) is 0 Å². The number of aryl methyl sites for hydroxylation is 1. The molecule has 0 saturated carbocycles. The molecule has 25 heavy (non-hydrogen) atoms. The second kappa shape index (κ2) is 9.19. The number of aliphatic hydroxyl groups is 1. The van der Waals surface area contributed by atoms with E-state index in [9.17, 15) is 9.90 Å². The Morgan fingerprint density at radius 3 is 2.32 bits per heavy atom. The highest BCUT2D eigenvalue weighted by Gasteiger charge is 2.09. The molecule has 3 nitrogen and oxygen atoms in total. The second-order valence-electron chi connectivity index (χ2n) is 6.26. The summed E-state index contributed by atoms with van der Waals surface area (Å²) in [7, 11) is 0. The first-order valence-corrected chi connectivity index (χ1v) is 8.69. The summed E-state index contributed by atoms with van der Waals surface area (Å²) < 4.78 is 5.30. The van der Waals surface area contributed by atoms with Gasteiger partial charge in [0.25, 0.3) is 0 Å². The van der Waals surface area contributed by atoms with Gasteiger partial charge in [-0.3, -0.25) is 0 Å². The molecule has 0 aromatic heterocycles. The summed E-state index contributed by atoms with van der Waals surface area (Å²) in [6.45, 7) is 7.65. The van der Waals surface area contributed by atoms with E-state index in [1.54, 1.807) is 6.92 Å². The number of hydrogen-bond donors (Lipinski definition) is 1. The molecule has 2 rings (SSSR count). The van der Waals surface area contributed by atoms with Crippen molar-refractivity contribution in [3.63, 3.8) is 0 Å². The van der Waals surface area contributed by atoms with Crippen LogP contribution in [0.15, 0.2) is 54.6 Å². The van der Waals surface area contributed by atoms with Crippen LogP contribution in [0.1, 0.15) is 37.0 Å². The van der Waals surface area contributed by atoms with Gasteiger partial charge in [-0.15, -0.1) is 0 Å². The molecule has 3 heteroatoms. The first-order valence-electron chi connectivity index (χ1n) is 8.69. The van der Waals surface area contributed by atoms with Crippen molar-refractivity contribution in [2.24, 2.45) is 0 Å². The molecule has 2 aromatic rings. The number of hydrogen-bond acceptors (Lipinski definition) is 3. The van der Waals surface area contributed by atoms with Crippen LogP contribution in [0.25, 0.3) is 11.1 Å². The van der Waals surface area contributed by atoms with Gasteiger partial charge in [-0.25, -0.2) is 4.79 Å². The average Bonchev–Trinajstić information content (AvgIpc) is 2.61. The Balaban J connectivity index is 2.25. The van der Waals surface area contributed by atoms with Gasteiger partial charge in [0, 0.05) is 12.2 Å².